The predicted molar refractivity (Wildman–Crippen MR) is 177 cm³/mol. The number of H-pyrrole nitrogens is 1. The number of fused-ring (bicyclic) bond motifs is 8. The number of aryl methyl sites for hydroxylation is 2. The number of aliphatic carboxylic acids is 1. The van der Waals surface area contributed by atoms with E-state index in [1.54, 1.807) is 49.2 Å². The lowest BCUT2D eigenvalue weighted by Crippen LogP contribution is -2.26. The van der Waals surface area contributed by atoms with E-state index in [0.717, 1.165) is 17.5 Å². The van der Waals surface area contributed by atoms with Crippen LogP contribution in [0.15, 0.2) is 60.9 Å². The zero-order valence-electron chi connectivity index (χ0n) is 26.7. The van der Waals surface area contributed by atoms with Crippen LogP contribution in [0.25, 0.3) is 22.4 Å². The fourth-order valence-electron chi connectivity index (χ4n) is 6.34. The molecular formula is C35H38FN5O5S. The average Bonchev–Trinajstić information content (AvgIpc) is 3.67. The van der Waals surface area contributed by atoms with Crippen molar-refractivity contribution >= 4 is 26.7 Å². The van der Waals surface area contributed by atoms with E-state index in [4.69, 9.17) is 14.8 Å². The molecule has 1 aliphatic heterocycles. The molecule has 47 heavy (non-hydrogen) atoms. The van der Waals surface area contributed by atoms with E-state index in [1.807, 2.05) is 24.3 Å². The minimum absolute atomic E-state index is 0.0195. The van der Waals surface area contributed by atoms with Gasteiger partial charge in [0.25, 0.3) is 0 Å². The van der Waals surface area contributed by atoms with Gasteiger partial charge in [-0.25, -0.2) is 22.5 Å². The minimum Gasteiger partial charge on any atom is -0.481 e. The molecule has 246 valence electrons. The Morgan fingerprint density at radius 1 is 1.15 bits per heavy atom. The summed E-state index contributed by atoms with van der Waals surface area (Å²) in [4.78, 5) is 24.1. The van der Waals surface area contributed by atoms with Crippen LogP contribution in [-0.2, 0) is 39.9 Å². The zero-order chi connectivity index (χ0) is 33.3. The largest absolute Gasteiger partial charge is 0.481 e. The van der Waals surface area contributed by atoms with Gasteiger partial charge < -0.3 is 14.8 Å². The van der Waals surface area contributed by atoms with Gasteiger partial charge in [-0.15, -0.1) is 0 Å². The molecule has 0 spiro atoms. The van der Waals surface area contributed by atoms with Crippen molar-refractivity contribution in [2.45, 2.75) is 57.8 Å². The van der Waals surface area contributed by atoms with Crippen LogP contribution in [0.5, 0.6) is 11.5 Å². The second-order valence-electron chi connectivity index (χ2n) is 12.7. The van der Waals surface area contributed by atoms with Gasteiger partial charge in [0.05, 0.1) is 22.8 Å². The van der Waals surface area contributed by atoms with Crippen molar-refractivity contribution in [2.75, 3.05) is 11.5 Å². The standard InChI is InChI=1S/C35H38FN5O5S/c1-22(33(42)43)18-23-8-7-9-24(19-23)35(2)13-5-4-6-16-47(44,45)17-12-27-26-11-15-37-29(26)21-28(36)31(27)46-25-10-14-38-30(20-25)32-39-34(35)40-41(32)3/h7-11,14-15,19-22,37H,4-6,12-13,16-18H2,1-3H3,(H,42,43)/t22-,35?/m0/s1. The van der Waals surface area contributed by atoms with E-state index in [1.165, 1.54) is 6.07 Å². The van der Waals surface area contributed by atoms with Crippen molar-refractivity contribution in [3.63, 3.8) is 0 Å². The maximum Gasteiger partial charge on any atom is 0.306 e. The van der Waals surface area contributed by atoms with Gasteiger partial charge in [-0.05, 0) is 55.9 Å². The summed E-state index contributed by atoms with van der Waals surface area (Å²) < 4.78 is 49.8. The molecule has 2 aromatic carbocycles. The number of pyridine rings is 1. The minimum atomic E-state index is -3.44. The first-order chi connectivity index (χ1) is 22.4. The Bertz CT molecular complexity index is 2060. The van der Waals surface area contributed by atoms with Crippen molar-refractivity contribution in [3.05, 3.63) is 89.3 Å². The highest BCUT2D eigenvalue weighted by Crippen LogP contribution is 2.39. The first-order valence-corrected chi connectivity index (χ1v) is 17.6. The number of hydrogen-bond acceptors (Lipinski definition) is 7. The number of halogens is 1. The molecule has 1 aliphatic rings. The van der Waals surface area contributed by atoms with E-state index in [-0.39, 0.29) is 23.7 Å². The third kappa shape index (κ3) is 6.78. The van der Waals surface area contributed by atoms with Crippen LogP contribution in [0.2, 0.25) is 0 Å². The molecule has 12 heteroatoms. The molecule has 0 fully saturated rings. The highest BCUT2D eigenvalue weighted by molar-refractivity contribution is 7.91. The van der Waals surface area contributed by atoms with Crippen molar-refractivity contribution in [2.24, 2.45) is 13.0 Å². The number of rotatable bonds is 4. The Morgan fingerprint density at radius 3 is 2.79 bits per heavy atom. The summed E-state index contributed by atoms with van der Waals surface area (Å²) in [6.07, 6.45) is 6.25. The lowest BCUT2D eigenvalue weighted by Gasteiger charge is -2.28. The van der Waals surface area contributed by atoms with Crippen LogP contribution in [0.1, 0.15) is 62.0 Å². The highest BCUT2D eigenvalue weighted by atomic mass is 32.2. The summed E-state index contributed by atoms with van der Waals surface area (Å²) in [5, 5.41) is 15.0. The van der Waals surface area contributed by atoms with E-state index < -0.39 is 33.0 Å². The topological polar surface area (TPSA) is 140 Å². The fourth-order valence-corrected chi connectivity index (χ4v) is 7.71. The third-order valence-electron chi connectivity index (χ3n) is 9.13. The molecule has 5 aromatic rings. The second kappa shape index (κ2) is 12.9. The van der Waals surface area contributed by atoms with Crippen LogP contribution in [-0.4, -0.2) is 55.7 Å². The van der Waals surface area contributed by atoms with Crippen molar-refractivity contribution < 1.29 is 27.4 Å². The van der Waals surface area contributed by atoms with E-state index in [9.17, 15) is 18.3 Å². The molecule has 0 amide bonds. The highest BCUT2D eigenvalue weighted by Gasteiger charge is 2.34. The van der Waals surface area contributed by atoms with Crippen LogP contribution < -0.4 is 4.74 Å². The average molecular weight is 660 g/mol. The number of nitrogens with zero attached hydrogens (tertiary/aromatic N) is 4. The van der Waals surface area contributed by atoms with Gasteiger partial charge in [0.15, 0.2) is 33.1 Å². The number of aromatic amines is 1. The molecule has 2 N–H and O–H groups in total. The smallest absolute Gasteiger partial charge is 0.306 e. The molecule has 2 atom stereocenters. The number of carboxylic acids is 1. The Balaban J connectivity index is 1.44. The molecule has 0 saturated carbocycles. The molecule has 6 rings (SSSR count). The van der Waals surface area contributed by atoms with Crippen LogP contribution >= 0.6 is 0 Å². The van der Waals surface area contributed by atoms with E-state index in [2.05, 4.69) is 16.9 Å². The molecular weight excluding hydrogens is 621 g/mol. The molecule has 0 radical (unpaired) electrons. The summed E-state index contributed by atoms with van der Waals surface area (Å²) in [5.74, 6) is -0.744. The van der Waals surface area contributed by atoms with E-state index in [0.29, 0.717) is 65.2 Å². The lowest BCUT2D eigenvalue weighted by molar-refractivity contribution is -0.141. The molecule has 3 aromatic heterocycles. The second-order valence-corrected chi connectivity index (χ2v) is 15.0. The maximum atomic E-state index is 15.5. The quantitative estimate of drug-likeness (QED) is 0.226. The van der Waals surface area contributed by atoms with Crippen LogP contribution in [0.4, 0.5) is 4.39 Å². The summed E-state index contributed by atoms with van der Waals surface area (Å²) in [7, 11) is -1.65. The van der Waals surface area contributed by atoms with Gasteiger partial charge in [0.1, 0.15) is 11.4 Å². The van der Waals surface area contributed by atoms with Crippen molar-refractivity contribution in [1.82, 2.24) is 24.7 Å². The van der Waals surface area contributed by atoms with Gasteiger partial charge in [-0.2, -0.15) is 5.10 Å². The number of carbonyl (C=O) groups is 1. The molecule has 4 heterocycles. The molecule has 0 aliphatic carbocycles. The third-order valence-corrected chi connectivity index (χ3v) is 10.9. The summed E-state index contributed by atoms with van der Waals surface area (Å²) in [6.45, 7) is 3.75. The lowest BCUT2D eigenvalue weighted by atomic mass is 9.76. The van der Waals surface area contributed by atoms with Crippen LogP contribution in [0.3, 0.4) is 0 Å². The normalized spacial score (nSPS) is 19.2. The number of carboxylic acid groups (broad SMARTS) is 1. The number of ether oxygens (including phenoxy) is 1. The monoisotopic (exact) mass is 659 g/mol. The van der Waals surface area contributed by atoms with Gasteiger partial charge in [-0.3, -0.25) is 9.78 Å². The van der Waals surface area contributed by atoms with Gasteiger partial charge in [0.2, 0.25) is 0 Å². The van der Waals surface area contributed by atoms with Crippen LogP contribution in [0, 0.1) is 11.7 Å². The number of sulfone groups is 1. The fraction of sp³-hybridized carbons (Fsp3) is 0.371. The van der Waals surface area contributed by atoms with Gasteiger partial charge in [-0.1, -0.05) is 44.0 Å². The maximum absolute atomic E-state index is 15.5. The Labute approximate surface area is 273 Å². The molecule has 4 bridgehead atoms. The summed E-state index contributed by atoms with van der Waals surface area (Å²) in [6, 6.07) is 14.3. The number of aromatic nitrogens is 5. The van der Waals surface area contributed by atoms with Crippen molar-refractivity contribution in [1.29, 1.82) is 0 Å². The predicted octanol–water partition coefficient (Wildman–Crippen LogP) is 6.39. The Morgan fingerprint density at radius 2 is 1.98 bits per heavy atom. The molecule has 0 saturated heterocycles. The van der Waals surface area contributed by atoms with Crippen molar-refractivity contribution in [3.8, 4) is 23.0 Å². The van der Waals surface area contributed by atoms with Gasteiger partial charge >= 0.3 is 5.97 Å². The Kier molecular flexibility index (Phi) is 8.88. The number of benzene rings is 2. The first-order valence-electron chi connectivity index (χ1n) is 15.8. The van der Waals surface area contributed by atoms with Gasteiger partial charge in [0, 0.05) is 48.0 Å². The number of nitrogens with one attached hydrogen (secondary N) is 1. The SMILES string of the molecule is C[C@@H](Cc1cccc(C2(C)CCCCCS(=O)(=O)CCc3c(c(F)cc4[nH]ccc34)Oc3ccnc(c3)-c3nc2nn3C)c1)C(=O)O. The summed E-state index contributed by atoms with van der Waals surface area (Å²) >= 11 is 0. The van der Waals surface area contributed by atoms with E-state index >= 15 is 4.39 Å². The first kappa shape index (κ1) is 32.4. The molecule has 10 nitrogen and oxygen atoms in total. The Hall–Kier alpha value is -4.58. The zero-order valence-corrected chi connectivity index (χ0v) is 27.5. The molecule has 1 unspecified atom stereocenters. The summed E-state index contributed by atoms with van der Waals surface area (Å²) in [5.41, 5.74) is 2.71. The number of hydrogen-bond donors (Lipinski definition) is 2.